The molecule has 3 aromatic carbocycles. The molecule has 1 aliphatic rings. The molecular weight excluding hydrogens is 565 g/mol. The molecule has 222 valence electrons. The third-order valence-corrected chi connectivity index (χ3v) is 7.35. The molecule has 0 bridgehead atoms. The van der Waals surface area contributed by atoms with E-state index in [-0.39, 0.29) is 26.4 Å². The van der Waals surface area contributed by atoms with E-state index in [0.29, 0.717) is 5.56 Å². The van der Waals surface area contributed by atoms with Gasteiger partial charge >= 0.3 is 15.6 Å². The van der Waals surface area contributed by atoms with E-state index in [1.54, 1.807) is 78.9 Å². The van der Waals surface area contributed by atoms with Gasteiger partial charge in [0.2, 0.25) is 0 Å². The van der Waals surface area contributed by atoms with Crippen molar-refractivity contribution in [3.63, 3.8) is 0 Å². The van der Waals surface area contributed by atoms with Gasteiger partial charge in [0.05, 0.1) is 26.4 Å². The summed E-state index contributed by atoms with van der Waals surface area (Å²) in [6.07, 6.45) is -6.77. The molecule has 1 saturated heterocycles. The lowest BCUT2D eigenvalue weighted by atomic mass is 9.98. The largest absolute Gasteiger partial charge is 0.523 e. The summed E-state index contributed by atoms with van der Waals surface area (Å²) >= 11 is 0. The molecular formula is C29H31F3O8S. The molecule has 0 aliphatic carbocycles. The van der Waals surface area contributed by atoms with Crippen LogP contribution in [0.1, 0.15) is 16.7 Å². The van der Waals surface area contributed by atoms with Gasteiger partial charge in [-0.15, -0.1) is 0 Å². The molecule has 0 radical (unpaired) electrons. The van der Waals surface area contributed by atoms with Crippen LogP contribution in [-0.2, 0) is 57.8 Å². The highest BCUT2D eigenvalue weighted by Crippen LogP contribution is 2.34. The highest BCUT2D eigenvalue weighted by molar-refractivity contribution is 7.87. The van der Waals surface area contributed by atoms with E-state index >= 15 is 0 Å². The fraction of sp³-hybridized carbons (Fsp3) is 0.379. The van der Waals surface area contributed by atoms with Crippen molar-refractivity contribution >= 4 is 10.1 Å². The van der Waals surface area contributed by atoms with Crippen molar-refractivity contribution in [1.29, 1.82) is 0 Å². The quantitative estimate of drug-likeness (QED) is 0.202. The van der Waals surface area contributed by atoms with Crippen LogP contribution in [0.5, 0.6) is 0 Å². The van der Waals surface area contributed by atoms with Crippen molar-refractivity contribution in [3.05, 3.63) is 108 Å². The van der Waals surface area contributed by atoms with Crippen molar-refractivity contribution in [3.8, 4) is 0 Å². The number of halogens is 3. The van der Waals surface area contributed by atoms with Crippen molar-refractivity contribution < 1.29 is 49.5 Å². The molecule has 8 nitrogen and oxygen atoms in total. The molecule has 1 unspecified atom stereocenters. The standard InChI is InChI=1S/C29H31F3O8S/c1-35-28-27(38-19-23-15-9-4-10-16-23)26(37-18-22-13-7-3-8-14-22)25(40-41(33,34)29(30,31)32)24(39-28)20-36-17-21-11-5-2-6-12-21/h2-16,24-28H,17-20H2,1H3/t24-,25+,26+,27-,28?/m1/s1. The third kappa shape index (κ3) is 8.58. The molecule has 5 atom stereocenters. The predicted octanol–water partition coefficient (Wildman–Crippen LogP) is 4.98. The van der Waals surface area contributed by atoms with Crippen LogP contribution in [0.4, 0.5) is 13.2 Å². The molecule has 0 amide bonds. The van der Waals surface area contributed by atoms with Crippen LogP contribution in [0, 0.1) is 0 Å². The van der Waals surface area contributed by atoms with E-state index in [2.05, 4.69) is 0 Å². The second kappa shape index (κ2) is 14.4. The Balaban J connectivity index is 1.64. The van der Waals surface area contributed by atoms with Crippen LogP contribution >= 0.6 is 0 Å². The molecule has 0 saturated carbocycles. The fourth-order valence-electron chi connectivity index (χ4n) is 4.29. The summed E-state index contributed by atoms with van der Waals surface area (Å²) < 4.78 is 99.1. The van der Waals surface area contributed by atoms with Crippen molar-refractivity contribution in [1.82, 2.24) is 0 Å². The minimum absolute atomic E-state index is 0.0217. The molecule has 0 spiro atoms. The second-order valence-electron chi connectivity index (χ2n) is 9.26. The zero-order valence-electron chi connectivity index (χ0n) is 22.2. The number of hydrogen-bond acceptors (Lipinski definition) is 8. The van der Waals surface area contributed by atoms with Gasteiger partial charge in [-0.2, -0.15) is 21.6 Å². The average Bonchev–Trinajstić information content (AvgIpc) is 2.97. The van der Waals surface area contributed by atoms with Crippen molar-refractivity contribution in [2.75, 3.05) is 13.7 Å². The summed E-state index contributed by atoms with van der Waals surface area (Å²) in [5, 5.41) is 0. The van der Waals surface area contributed by atoms with E-state index in [0.717, 1.165) is 11.1 Å². The van der Waals surface area contributed by atoms with Crippen LogP contribution in [0.15, 0.2) is 91.0 Å². The Morgan fingerprint density at radius 2 is 1.17 bits per heavy atom. The SMILES string of the molecule is COC1O[C@H](COCc2ccccc2)[C@H](OS(=O)(=O)C(F)(F)F)[C@H](OCc2ccccc2)[C@H]1OCc1ccccc1. The van der Waals surface area contributed by atoms with Gasteiger partial charge in [-0.25, -0.2) is 0 Å². The Kier molecular flexibility index (Phi) is 10.9. The van der Waals surface area contributed by atoms with E-state index in [4.69, 9.17) is 27.9 Å². The molecule has 0 N–H and O–H groups in total. The van der Waals surface area contributed by atoms with Gasteiger partial charge in [0.25, 0.3) is 0 Å². The number of methoxy groups -OCH3 is 1. The summed E-state index contributed by atoms with van der Waals surface area (Å²) in [7, 11) is -4.71. The Morgan fingerprint density at radius 3 is 1.63 bits per heavy atom. The first-order valence-corrected chi connectivity index (χ1v) is 14.2. The predicted molar refractivity (Wildman–Crippen MR) is 142 cm³/mol. The lowest BCUT2D eigenvalue weighted by Gasteiger charge is -2.45. The van der Waals surface area contributed by atoms with Crippen molar-refractivity contribution in [2.45, 2.75) is 56.0 Å². The molecule has 1 fully saturated rings. The van der Waals surface area contributed by atoms with Gasteiger partial charge in [0, 0.05) is 7.11 Å². The number of ether oxygens (including phenoxy) is 5. The lowest BCUT2D eigenvalue weighted by molar-refractivity contribution is -0.312. The molecule has 4 rings (SSSR count). The van der Waals surface area contributed by atoms with Gasteiger partial charge in [0.15, 0.2) is 6.29 Å². The maximum absolute atomic E-state index is 13.5. The van der Waals surface area contributed by atoms with Gasteiger partial charge in [-0.3, -0.25) is 4.18 Å². The molecule has 41 heavy (non-hydrogen) atoms. The maximum Gasteiger partial charge on any atom is 0.523 e. The summed E-state index contributed by atoms with van der Waals surface area (Å²) in [6.45, 7) is -0.269. The summed E-state index contributed by atoms with van der Waals surface area (Å²) in [6, 6.07) is 26.9. The van der Waals surface area contributed by atoms with Gasteiger partial charge in [-0.05, 0) is 16.7 Å². The first-order valence-electron chi connectivity index (χ1n) is 12.8. The molecule has 0 aromatic heterocycles. The maximum atomic E-state index is 13.5. The Labute approximate surface area is 237 Å². The number of benzene rings is 3. The smallest absolute Gasteiger partial charge is 0.374 e. The van der Waals surface area contributed by atoms with Gasteiger partial charge in [-0.1, -0.05) is 91.0 Å². The topological polar surface area (TPSA) is 89.5 Å². The van der Waals surface area contributed by atoms with Gasteiger partial charge < -0.3 is 23.7 Å². The number of alkyl halides is 3. The number of rotatable bonds is 13. The van der Waals surface area contributed by atoms with E-state index in [1.165, 1.54) is 7.11 Å². The normalized spacial score (nSPS) is 23.4. The Hall–Kier alpha value is -2.84. The second-order valence-corrected chi connectivity index (χ2v) is 10.8. The Bertz CT molecular complexity index is 1290. The molecule has 1 aliphatic heterocycles. The highest BCUT2D eigenvalue weighted by atomic mass is 32.2. The lowest BCUT2D eigenvalue weighted by Crippen LogP contribution is -2.62. The summed E-state index contributed by atoms with van der Waals surface area (Å²) in [5.74, 6) is 0. The molecule has 1 heterocycles. The van der Waals surface area contributed by atoms with Crippen LogP contribution in [-0.4, -0.2) is 58.3 Å². The zero-order valence-corrected chi connectivity index (χ0v) is 23.0. The minimum atomic E-state index is -6.05. The fourth-order valence-corrected chi connectivity index (χ4v) is 4.92. The van der Waals surface area contributed by atoms with Gasteiger partial charge in [0.1, 0.15) is 24.4 Å². The zero-order chi connectivity index (χ0) is 29.3. The van der Waals surface area contributed by atoms with E-state index in [9.17, 15) is 21.6 Å². The van der Waals surface area contributed by atoms with Crippen molar-refractivity contribution in [2.24, 2.45) is 0 Å². The summed E-state index contributed by atoms with van der Waals surface area (Å²) in [5.41, 5.74) is -3.42. The molecule has 3 aromatic rings. The first kappa shape index (κ1) is 31.1. The van der Waals surface area contributed by atoms with Crippen LogP contribution in [0.3, 0.4) is 0 Å². The first-order chi connectivity index (χ1) is 19.7. The third-order valence-electron chi connectivity index (χ3n) is 6.31. The number of hydrogen-bond donors (Lipinski definition) is 0. The molecule has 12 heteroatoms. The highest BCUT2D eigenvalue weighted by Gasteiger charge is 2.55. The van der Waals surface area contributed by atoms with Crippen LogP contribution in [0.2, 0.25) is 0 Å². The van der Waals surface area contributed by atoms with E-state index in [1.807, 2.05) is 12.1 Å². The Morgan fingerprint density at radius 1 is 0.707 bits per heavy atom. The average molecular weight is 597 g/mol. The van der Waals surface area contributed by atoms with Crippen LogP contribution in [0.25, 0.3) is 0 Å². The van der Waals surface area contributed by atoms with Crippen LogP contribution < -0.4 is 0 Å². The monoisotopic (exact) mass is 596 g/mol. The van der Waals surface area contributed by atoms with E-state index < -0.39 is 46.3 Å². The summed E-state index contributed by atoms with van der Waals surface area (Å²) in [4.78, 5) is 0. The minimum Gasteiger partial charge on any atom is -0.374 e.